The SMILES string of the molecule is O=C(Nc1ccc(SC(C(=O)Nc2ccc(Cl)cc2C(F)(F)F)c2ccccc2)cc1)/C(=C/c1ccccc1F)NC(=O)c1ccccc1. The first-order chi connectivity index (χ1) is 23.5. The fraction of sp³-hybridized carbons (Fsp3) is 0.0541. The number of carbonyl (C=O) groups excluding carboxylic acids is 3. The number of halogens is 5. The highest BCUT2D eigenvalue weighted by Gasteiger charge is 2.35. The summed E-state index contributed by atoms with van der Waals surface area (Å²) >= 11 is 6.88. The molecule has 248 valence electrons. The highest BCUT2D eigenvalue weighted by atomic mass is 35.5. The molecule has 3 N–H and O–H groups in total. The van der Waals surface area contributed by atoms with Gasteiger partial charge in [0.15, 0.2) is 0 Å². The van der Waals surface area contributed by atoms with Crippen molar-refractivity contribution < 1.29 is 31.9 Å². The van der Waals surface area contributed by atoms with Crippen molar-refractivity contribution in [1.29, 1.82) is 0 Å². The quantitative estimate of drug-likeness (QED) is 0.0769. The Bertz CT molecular complexity index is 1990. The van der Waals surface area contributed by atoms with Crippen LogP contribution in [0, 0.1) is 5.82 Å². The zero-order valence-electron chi connectivity index (χ0n) is 25.3. The number of thioether (sulfide) groups is 1. The van der Waals surface area contributed by atoms with Gasteiger partial charge in [-0.1, -0.05) is 78.3 Å². The summed E-state index contributed by atoms with van der Waals surface area (Å²) < 4.78 is 55.6. The molecule has 3 amide bonds. The number of rotatable bonds is 10. The molecule has 0 saturated carbocycles. The predicted molar refractivity (Wildman–Crippen MR) is 183 cm³/mol. The lowest BCUT2D eigenvalue weighted by Crippen LogP contribution is -2.30. The van der Waals surface area contributed by atoms with Gasteiger partial charge in [0, 0.05) is 26.7 Å². The van der Waals surface area contributed by atoms with Crippen LogP contribution in [0.4, 0.5) is 28.9 Å². The van der Waals surface area contributed by atoms with Crippen LogP contribution in [0.15, 0.2) is 138 Å². The van der Waals surface area contributed by atoms with Gasteiger partial charge in [-0.15, -0.1) is 11.8 Å². The number of alkyl halides is 3. The topological polar surface area (TPSA) is 87.3 Å². The Balaban J connectivity index is 1.35. The third-order valence-electron chi connectivity index (χ3n) is 6.99. The highest BCUT2D eigenvalue weighted by Crippen LogP contribution is 2.40. The van der Waals surface area contributed by atoms with Crippen molar-refractivity contribution in [1.82, 2.24) is 5.32 Å². The maximum absolute atomic E-state index is 14.5. The minimum atomic E-state index is -4.75. The van der Waals surface area contributed by atoms with Crippen molar-refractivity contribution in [2.24, 2.45) is 0 Å². The molecule has 0 heterocycles. The molecular weight excluding hydrogens is 678 g/mol. The Morgan fingerprint density at radius 3 is 2.04 bits per heavy atom. The maximum Gasteiger partial charge on any atom is 0.418 e. The van der Waals surface area contributed by atoms with E-state index >= 15 is 0 Å². The molecule has 0 aliphatic heterocycles. The highest BCUT2D eigenvalue weighted by molar-refractivity contribution is 8.00. The van der Waals surface area contributed by atoms with Crippen LogP contribution in [0.2, 0.25) is 5.02 Å². The summed E-state index contributed by atoms with van der Waals surface area (Å²) in [5.41, 5.74) is -0.480. The molecule has 0 bridgehead atoms. The Labute approximate surface area is 288 Å². The molecule has 0 aliphatic rings. The van der Waals surface area contributed by atoms with Gasteiger partial charge >= 0.3 is 6.18 Å². The third-order valence-corrected chi connectivity index (χ3v) is 8.49. The van der Waals surface area contributed by atoms with Crippen LogP contribution in [0.3, 0.4) is 0 Å². The van der Waals surface area contributed by atoms with E-state index < -0.39 is 46.2 Å². The fourth-order valence-electron chi connectivity index (χ4n) is 4.60. The van der Waals surface area contributed by atoms with Gasteiger partial charge in [0.1, 0.15) is 16.8 Å². The van der Waals surface area contributed by atoms with Crippen molar-refractivity contribution in [2.75, 3.05) is 10.6 Å². The average Bonchev–Trinajstić information content (AvgIpc) is 3.09. The van der Waals surface area contributed by atoms with E-state index in [0.717, 1.165) is 23.9 Å². The van der Waals surface area contributed by atoms with Crippen LogP contribution in [0.5, 0.6) is 0 Å². The summed E-state index contributed by atoms with van der Waals surface area (Å²) in [5, 5.41) is 6.55. The number of hydrogen-bond acceptors (Lipinski definition) is 4. The molecule has 12 heteroatoms. The zero-order chi connectivity index (χ0) is 35.0. The van der Waals surface area contributed by atoms with E-state index in [1.807, 2.05) is 0 Å². The average molecular weight is 704 g/mol. The molecule has 0 aromatic heterocycles. The predicted octanol–water partition coefficient (Wildman–Crippen LogP) is 9.38. The molecule has 6 nitrogen and oxygen atoms in total. The Morgan fingerprint density at radius 2 is 1.39 bits per heavy atom. The number of carbonyl (C=O) groups is 3. The standard InChI is InChI=1S/C37H26ClF4N3O3S/c38-26-15-20-31(29(22-26)37(40,41)42)44-36(48)33(23-9-3-1-4-10-23)49-28-18-16-27(17-19-28)43-35(47)32(21-25-13-7-8-14-30(25)39)45-34(46)24-11-5-2-6-12-24/h1-22,33H,(H,43,47)(H,44,48)(H,45,46)/b32-21-. The van der Waals surface area contributed by atoms with Crippen LogP contribution in [0.25, 0.3) is 6.08 Å². The molecule has 1 unspecified atom stereocenters. The molecule has 0 saturated heterocycles. The number of benzene rings is 5. The van der Waals surface area contributed by atoms with Gasteiger partial charge in [-0.3, -0.25) is 14.4 Å². The molecule has 1 atom stereocenters. The Morgan fingerprint density at radius 1 is 0.755 bits per heavy atom. The van der Waals surface area contributed by atoms with Crippen molar-refractivity contribution in [3.63, 3.8) is 0 Å². The second-order valence-electron chi connectivity index (χ2n) is 10.5. The molecule has 0 aliphatic carbocycles. The monoisotopic (exact) mass is 703 g/mol. The van der Waals surface area contributed by atoms with E-state index in [1.54, 1.807) is 91.0 Å². The third kappa shape index (κ3) is 9.37. The van der Waals surface area contributed by atoms with Crippen molar-refractivity contribution >= 4 is 58.5 Å². The Kier molecular flexibility index (Phi) is 11.2. The number of amides is 3. The van der Waals surface area contributed by atoms with Crippen LogP contribution in [-0.4, -0.2) is 17.7 Å². The minimum Gasteiger partial charge on any atom is -0.324 e. The van der Waals surface area contributed by atoms with Crippen LogP contribution in [0.1, 0.15) is 32.3 Å². The molecule has 5 aromatic carbocycles. The first-order valence-electron chi connectivity index (χ1n) is 14.6. The minimum absolute atomic E-state index is 0.0824. The molecular formula is C37H26ClF4N3O3S. The summed E-state index contributed by atoms with van der Waals surface area (Å²) in [7, 11) is 0. The lowest BCUT2D eigenvalue weighted by Gasteiger charge is -2.20. The van der Waals surface area contributed by atoms with Crippen LogP contribution >= 0.6 is 23.4 Å². The lowest BCUT2D eigenvalue weighted by molar-refractivity contribution is -0.137. The molecule has 5 aromatic rings. The van der Waals surface area contributed by atoms with E-state index in [9.17, 15) is 31.9 Å². The molecule has 0 radical (unpaired) electrons. The number of nitrogens with one attached hydrogen (secondary N) is 3. The van der Waals surface area contributed by atoms with Gasteiger partial charge in [0.25, 0.3) is 11.8 Å². The van der Waals surface area contributed by atoms with E-state index in [0.29, 0.717) is 21.7 Å². The zero-order valence-corrected chi connectivity index (χ0v) is 26.9. The molecule has 0 spiro atoms. The van der Waals surface area contributed by atoms with E-state index in [4.69, 9.17) is 11.6 Å². The summed E-state index contributed by atoms with van der Waals surface area (Å²) in [6.45, 7) is 0. The summed E-state index contributed by atoms with van der Waals surface area (Å²) in [6, 6.07) is 32.0. The first-order valence-corrected chi connectivity index (χ1v) is 15.9. The second-order valence-corrected chi connectivity index (χ2v) is 12.1. The van der Waals surface area contributed by atoms with E-state index in [-0.39, 0.29) is 16.3 Å². The van der Waals surface area contributed by atoms with Gasteiger partial charge in [0.05, 0.1) is 11.3 Å². The van der Waals surface area contributed by atoms with Crippen LogP contribution < -0.4 is 16.0 Å². The smallest absolute Gasteiger partial charge is 0.324 e. The normalized spacial score (nSPS) is 12.1. The van der Waals surface area contributed by atoms with Crippen molar-refractivity contribution in [3.05, 3.63) is 166 Å². The molecule has 49 heavy (non-hydrogen) atoms. The van der Waals surface area contributed by atoms with Crippen molar-refractivity contribution in [2.45, 2.75) is 16.3 Å². The second kappa shape index (κ2) is 15.7. The van der Waals surface area contributed by atoms with Gasteiger partial charge in [-0.05, 0) is 72.3 Å². The first kappa shape index (κ1) is 34.9. The summed E-state index contributed by atoms with van der Waals surface area (Å²) in [4.78, 5) is 40.3. The van der Waals surface area contributed by atoms with Gasteiger partial charge in [-0.2, -0.15) is 13.2 Å². The van der Waals surface area contributed by atoms with Gasteiger partial charge in [-0.25, -0.2) is 4.39 Å². The van der Waals surface area contributed by atoms with Gasteiger partial charge < -0.3 is 16.0 Å². The Hall–Kier alpha value is -5.39. The number of hydrogen-bond donors (Lipinski definition) is 3. The lowest BCUT2D eigenvalue weighted by atomic mass is 10.1. The number of anilines is 2. The molecule has 0 fully saturated rings. The summed E-state index contributed by atoms with van der Waals surface area (Å²) in [6.07, 6.45) is -3.53. The van der Waals surface area contributed by atoms with E-state index in [1.165, 1.54) is 30.3 Å². The van der Waals surface area contributed by atoms with Gasteiger partial charge in [0.2, 0.25) is 5.91 Å². The van der Waals surface area contributed by atoms with E-state index in [2.05, 4.69) is 16.0 Å². The van der Waals surface area contributed by atoms with Crippen LogP contribution in [-0.2, 0) is 15.8 Å². The fourth-order valence-corrected chi connectivity index (χ4v) is 5.80. The largest absolute Gasteiger partial charge is 0.418 e. The van der Waals surface area contributed by atoms with Crippen molar-refractivity contribution in [3.8, 4) is 0 Å². The molecule has 5 rings (SSSR count). The maximum atomic E-state index is 14.5. The summed E-state index contributed by atoms with van der Waals surface area (Å²) in [5.74, 6) is -2.58.